The lowest BCUT2D eigenvalue weighted by atomic mass is 10.1. The fourth-order valence-corrected chi connectivity index (χ4v) is 2.68. The van der Waals surface area contributed by atoms with E-state index in [2.05, 4.69) is 10.6 Å². The first-order valence-electron chi connectivity index (χ1n) is 6.75. The van der Waals surface area contributed by atoms with Gasteiger partial charge in [0.15, 0.2) is 5.11 Å². The molecule has 0 heterocycles. The highest BCUT2D eigenvalue weighted by molar-refractivity contribution is 7.80. The topological polar surface area (TPSA) is 41.1 Å². The Bertz CT molecular complexity index is 723. The summed E-state index contributed by atoms with van der Waals surface area (Å²) in [5.41, 5.74) is 1.57. The number of amides is 1. The average Bonchev–Trinajstić information content (AvgIpc) is 2.51. The van der Waals surface area contributed by atoms with E-state index in [0.717, 1.165) is 5.56 Å². The van der Waals surface area contributed by atoms with Crippen molar-refractivity contribution < 1.29 is 4.79 Å². The van der Waals surface area contributed by atoms with E-state index in [4.69, 9.17) is 47.0 Å². The molecule has 0 radical (unpaired) electrons. The molecule has 0 aliphatic heterocycles. The first-order chi connectivity index (χ1) is 11.0. The van der Waals surface area contributed by atoms with E-state index < -0.39 is 0 Å². The number of aryl methyl sites for hydroxylation is 1. The number of thiocarbonyl (C=S) groups is 1. The van der Waals surface area contributed by atoms with Gasteiger partial charge in [-0.1, -0.05) is 65.1 Å². The standard InChI is InChI=1S/C16H13Cl3N2OS/c17-11-8-13(19)14(9-12(11)18)20-16(23)21-15(22)7-6-10-4-2-1-3-5-10/h1-5,8-9H,6-7H2,(H2,20,21,22,23). The van der Waals surface area contributed by atoms with Crippen molar-refractivity contribution in [3.8, 4) is 0 Å². The highest BCUT2D eigenvalue weighted by atomic mass is 35.5. The van der Waals surface area contributed by atoms with Gasteiger partial charge in [-0.3, -0.25) is 4.79 Å². The second-order valence-corrected chi connectivity index (χ2v) is 6.36. The second kappa shape index (κ2) is 8.50. The molecule has 0 fully saturated rings. The third-order valence-electron chi connectivity index (χ3n) is 2.99. The molecular formula is C16H13Cl3N2OS. The maximum atomic E-state index is 11.9. The van der Waals surface area contributed by atoms with Crippen molar-refractivity contribution in [3.05, 3.63) is 63.1 Å². The normalized spacial score (nSPS) is 10.2. The molecule has 2 aromatic rings. The van der Waals surface area contributed by atoms with Gasteiger partial charge in [0.05, 0.1) is 20.8 Å². The number of nitrogens with one attached hydrogen (secondary N) is 2. The third-order valence-corrected chi connectivity index (χ3v) is 4.23. The molecule has 0 aliphatic carbocycles. The van der Waals surface area contributed by atoms with Gasteiger partial charge in [-0.05, 0) is 36.3 Å². The van der Waals surface area contributed by atoms with Crippen LogP contribution < -0.4 is 10.6 Å². The monoisotopic (exact) mass is 386 g/mol. The van der Waals surface area contributed by atoms with Gasteiger partial charge in [-0.25, -0.2) is 0 Å². The summed E-state index contributed by atoms with van der Waals surface area (Å²) >= 11 is 22.9. The van der Waals surface area contributed by atoms with Crippen molar-refractivity contribution in [2.75, 3.05) is 5.32 Å². The lowest BCUT2D eigenvalue weighted by Crippen LogP contribution is -2.34. The minimum atomic E-state index is -0.178. The predicted octanol–water partition coefficient (Wildman–Crippen LogP) is 5.09. The van der Waals surface area contributed by atoms with Gasteiger partial charge < -0.3 is 10.6 Å². The molecule has 1 amide bonds. The number of rotatable bonds is 4. The van der Waals surface area contributed by atoms with Crippen molar-refractivity contribution in [3.63, 3.8) is 0 Å². The van der Waals surface area contributed by atoms with Gasteiger partial charge in [0.2, 0.25) is 5.91 Å². The molecule has 23 heavy (non-hydrogen) atoms. The van der Waals surface area contributed by atoms with E-state index in [0.29, 0.717) is 33.6 Å². The van der Waals surface area contributed by atoms with Crippen molar-refractivity contribution in [1.82, 2.24) is 5.32 Å². The predicted molar refractivity (Wildman–Crippen MR) is 101 cm³/mol. The third kappa shape index (κ3) is 5.66. The largest absolute Gasteiger partial charge is 0.331 e. The first-order valence-corrected chi connectivity index (χ1v) is 8.29. The quantitative estimate of drug-likeness (QED) is 0.567. The molecular weight excluding hydrogens is 375 g/mol. The second-order valence-electron chi connectivity index (χ2n) is 4.73. The molecule has 0 bridgehead atoms. The Morgan fingerprint density at radius 1 is 1.00 bits per heavy atom. The zero-order valence-corrected chi connectivity index (χ0v) is 15.0. The van der Waals surface area contributed by atoms with Crippen molar-refractivity contribution in [2.24, 2.45) is 0 Å². The number of benzene rings is 2. The summed E-state index contributed by atoms with van der Waals surface area (Å²) in [4.78, 5) is 11.9. The Kier molecular flexibility index (Phi) is 6.66. The maximum absolute atomic E-state index is 11.9. The van der Waals surface area contributed by atoms with Crippen LogP contribution >= 0.6 is 47.0 Å². The molecule has 0 aliphatic rings. The minimum absolute atomic E-state index is 0.156. The Morgan fingerprint density at radius 2 is 1.65 bits per heavy atom. The van der Waals surface area contributed by atoms with E-state index in [1.807, 2.05) is 30.3 Å². The van der Waals surface area contributed by atoms with E-state index >= 15 is 0 Å². The molecule has 0 unspecified atom stereocenters. The smallest absolute Gasteiger partial charge is 0.226 e. The summed E-state index contributed by atoms with van der Waals surface area (Å²) in [6, 6.07) is 12.8. The molecule has 2 aromatic carbocycles. The van der Waals surface area contributed by atoms with Gasteiger partial charge in [0, 0.05) is 6.42 Å². The number of carbonyl (C=O) groups excluding carboxylic acids is 1. The van der Waals surface area contributed by atoms with Gasteiger partial charge in [0.25, 0.3) is 0 Å². The molecule has 2 N–H and O–H groups in total. The number of carbonyl (C=O) groups is 1. The van der Waals surface area contributed by atoms with Crippen LogP contribution in [0.1, 0.15) is 12.0 Å². The summed E-state index contributed by atoms with van der Waals surface area (Å²) in [6.45, 7) is 0. The molecule has 0 spiro atoms. The van der Waals surface area contributed by atoms with Crippen molar-refractivity contribution in [1.29, 1.82) is 0 Å². The van der Waals surface area contributed by atoms with Gasteiger partial charge in [0.1, 0.15) is 0 Å². The van der Waals surface area contributed by atoms with Gasteiger partial charge in [-0.2, -0.15) is 0 Å². The van der Waals surface area contributed by atoms with E-state index in [-0.39, 0.29) is 11.0 Å². The minimum Gasteiger partial charge on any atom is -0.331 e. The number of halogens is 3. The summed E-state index contributed by atoms with van der Waals surface area (Å²) in [5, 5.41) is 6.65. The summed E-state index contributed by atoms with van der Waals surface area (Å²) < 4.78 is 0. The van der Waals surface area contributed by atoms with Crippen LogP contribution in [0, 0.1) is 0 Å². The zero-order valence-electron chi connectivity index (χ0n) is 11.9. The molecule has 7 heteroatoms. The molecule has 3 nitrogen and oxygen atoms in total. The maximum Gasteiger partial charge on any atom is 0.226 e. The highest BCUT2D eigenvalue weighted by Crippen LogP contribution is 2.32. The fraction of sp³-hybridized carbons (Fsp3) is 0.125. The van der Waals surface area contributed by atoms with Crippen LogP contribution in [-0.4, -0.2) is 11.0 Å². The zero-order chi connectivity index (χ0) is 16.8. The van der Waals surface area contributed by atoms with E-state index in [9.17, 15) is 4.79 Å². The van der Waals surface area contributed by atoms with Gasteiger partial charge in [-0.15, -0.1) is 0 Å². The Labute approximate surface area is 154 Å². The van der Waals surface area contributed by atoms with Crippen molar-refractivity contribution >= 4 is 63.7 Å². The number of hydrogen-bond donors (Lipinski definition) is 2. The molecule has 0 saturated heterocycles. The van der Waals surface area contributed by atoms with Crippen LogP contribution in [0.15, 0.2) is 42.5 Å². The molecule has 0 atom stereocenters. The van der Waals surface area contributed by atoms with Crippen LogP contribution in [-0.2, 0) is 11.2 Å². The average molecular weight is 388 g/mol. The molecule has 0 aromatic heterocycles. The van der Waals surface area contributed by atoms with Crippen LogP contribution in [0.25, 0.3) is 0 Å². The lowest BCUT2D eigenvalue weighted by Gasteiger charge is -2.12. The van der Waals surface area contributed by atoms with E-state index in [1.165, 1.54) is 6.07 Å². The van der Waals surface area contributed by atoms with Crippen LogP contribution in [0.3, 0.4) is 0 Å². The summed E-state index contributed by atoms with van der Waals surface area (Å²) in [6.07, 6.45) is 0.976. The van der Waals surface area contributed by atoms with E-state index in [1.54, 1.807) is 6.07 Å². The summed E-state index contributed by atoms with van der Waals surface area (Å²) in [7, 11) is 0. The van der Waals surface area contributed by atoms with Crippen molar-refractivity contribution in [2.45, 2.75) is 12.8 Å². The number of hydrogen-bond acceptors (Lipinski definition) is 2. The summed E-state index contributed by atoms with van der Waals surface area (Å²) in [5.74, 6) is -0.178. The molecule has 120 valence electrons. The number of anilines is 1. The Hall–Kier alpha value is -1.33. The van der Waals surface area contributed by atoms with Gasteiger partial charge >= 0.3 is 0 Å². The van der Waals surface area contributed by atoms with Crippen LogP contribution in [0.5, 0.6) is 0 Å². The molecule has 2 rings (SSSR count). The Morgan fingerprint density at radius 3 is 2.35 bits per heavy atom. The molecule has 0 saturated carbocycles. The first kappa shape index (κ1) is 18.0. The fourth-order valence-electron chi connectivity index (χ4n) is 1.86. The highest BCUT2D eigenvalue weighted by Gasteiger charge is 2.09. The SMILES string of the molecule is O=C(CCc1ccccc1)NC(=S)Nc1cc(Cl)c(Cl)cc1Cl. The van der Waals surface area contributed by atoms with Crippen LogP contribution in [0.4, 0.5) is 5.69 Å². The van der Waals surface area contributed by atoms with Crippen LogP contribution in [0.2, 0.25) is 15.1 Å². The lowest BCUT2D eigenvalue weighted by molar-refractivity contribution is -0.119. The Balaban J connectivity index is 1.87.